The summed E-state index contributed by atoms with van der Waals surface area (Å²) in [4.78, 5) is 11.2. The highest BCUT2D eigenvalue weighted by molar-refractivity contribution is 7.18. The molecular weight excluding hydrogens is 332 g/mol. The molecule has 0 aliphatic heterocycles. The Bertz CT molecular complexity index is 1080. The average Bonchev–Trinajstić information content (AvgIpc) is 3.13. The second kappa shape index (κ2) is 5.61. The lowest BCUT2D eigenvalue weighted by Gasteiger charge is -2.29. The van der Waals surface area contributed by atoms with Gasteiger partial charge in [0.25, 0.3) is 0 Å². The first-order valence-electron chi connectivity index (χ1n) is 8.56. The van der Waals surface area contributed by atoms with E-state index in [1.165, 1.54) is 6.42 Å². The fourth-order valence-electron chi connectivity index (χ4n) is 3.40. The van der Waals surface area contributed by atoms with Crippen LogP contribution in [0.15, 0.2) is 36.7 Å². The van der Waals surface area contributed by atoms with E-state index in [4.69, 9.17) is 4.98 Å². The van der Waals surface area contributed by atoms with Crippen molar-refractivity contribution in [1.82, 2.24) is 19.7 Å². The van der Waals surface area contributed by atoms with Crippen LogP contribution >= 0.6 is 11.3 Å². The zero-order valence-corrected chi connectivity index (χ0v) is 14.7. The Hall–Kier alpha value is -2.31. The number of aryl methyl sites for hydroxylation is 1. The van der Waals surface area contributed by atoms with Gasteiger partial charge in [-0.15, -0.1) is 11.3 Å². The first-order chi connectivity index (χ1) is 12.2. The summed E-state index contributed by atoms with van der Waals surface area (Å²) in [6.45, 7) is 0. The molecule has 4 heterocycles. The molecule has 1 N–H and O–H groups in total. The molecule has 1 aliphatic carbocycles. The second-order valence-electron chi connectivity index (χ2n) is 6.82. The molecule has 1 fully saturated rings. The van der Waals surface area contributed by atoms with Gasteiger partial charge >= 0.3 is 0 Å². The standard InChI is InChI=1S/C19H18N4OS/c1-23-10-14-7-13(9-20-18(14)22-23)15-6-5-12-8-16(25-19(12)21-15)17(24)11-3-2-4-11/h5-11,17,24H,2-4H2,1H3/t17-/m0/s1. The topological polar surface area (TPSA) is 63.8 Å². The molecule has 0 amide bonds. The van der Waals surface area contributed by atoms with Crippen LogP contribution in [0.25, 0.3) is 32.5 Å². The van der Waals surface area contributed by atoms with E-state index in [9.17, 15) is 5.11 Å². The highest BCUT2D eigenvalue weighted by atomic mass is 32.1. The van der Waals surface area contributed by atoms with Crippen molar-refractivity contribution in [3.8, 4) is 11.3 Å². The number of aliphatic hydroxyl groups excluding tert-OH is 1. The number of rotatable bonds is 3. The maximum Gasteiger partial charge on any atom is 0.181 e. The quantitative estimate of drug-likeness (QED) is 0.605. The summed E-state index contributed by atoms with van der Waals surface area (Å²) in [5, 5.41) is 16.9. The lowest BCUT2D eigenvalue weighted by atomic mass is 9.80. The van der Waals surface area contributed by atoms with Gasteiger partial charge < -0.3 is 5.11 Å². The molecular formula is C19H18N4OS. The number of nitrogens with zero attached hydrogens (tertiary/aromatic N) is 4. The Labute approximate surface area is 149 Å². The Balaban J connectivity index is 1.54. The van der Waals surface area contributed by atoms with E-state index < -0.39 is 0 Å². The first-order valence-corrected chi connectivity index (χ1v) is 9.37. The van der Waals surface area contributed by atoms with Gasteiger partial charge in [-0.3, -0.25) is 4.68 Å². The summed E-state index contributed by atoms with van der Waals surface area (Å²) in [5.74, 6) is 0.421. The highest BCUT2D eigenvalue weighted by Gasteiger charge is 2.28. The van der Waals surface area contributed by atoms with Crippen molar-refractivity contribution in [2.75, 3.05) is 0 Å². The third-order valence-corrected chi connectivity index (χ3v) is 6.17. The van der Waals surface area contributed by atoms with Gasteiger partial charge in [-0.1, -0.05) is 6.42 Å². The van der Waals surface area contributed by atoms with Crippen LogP contribution in [0.1, 0.15) is 30.2 Å². The number of hydrogen-bond acceptors (Lipinski definition) is 5. The molecule has 4 aromatic rings. The number of fused-ring (bicyclic) bond motifs is 2. The van der Waals surface area contributed by atoms with Gasteiger partial charge in [-0.25, -0.2) is 9.97 Å². The summed E-state index contributed by atoms with van der Waals surface area (Å²) < 4.78 is 1.77. The molecule has 4 aromatic heterocycles. The number of aromatic nitrogens is 4. The van der Waals surface area contributed by atoms with Gasteiger partial charge in [-0.2, -0.15) is 5.10 Å². The summed E-state index contributed by atoms with van der Waals surface area (Å²) in [6.07, 6.45) is 6.93. The van der Waals surface area contributed by atoms with Crippen LogP contribution in [0.3, 0.4) is 0 Å². The van der Waals surface area contributed by atoms with Crippen LogP contribution in [0.2, 0.25) is 0 Å². The predicted molar refractivity (Wildman–Crippen MR) is 99.4 cm³/mol. The molecule has 0 unspecified atom stereocenters. The van der Waals surface area contributed by atoms with Gasteiger partial charge in [0, 0.05) is 40.7 Å². The molecule has 1 aliphatic rings. The van der Waals surface area contributed by atoms with Gasteiger partial charge in [0.15, 0.2) is 5.65 Å². The summed E-state index contributed by atoms with van der Waals surface area (Å²) in [7, 11) is 1.90. The number of thiophene rings is 1. The van der Waals surface area contributed by atoms with Gasteiger partial charge in [-0.05, 0) is 43.0 Å². The zero-order valence-electron chi connectivity index (χ0n) is 13.9. The van der Waals surface area contributed by atoms with Crippen LogP contribution in [0, 0.1) is 5.92 Å². The lowest BCUT2D eigenvalue weighted by molar-refractivity contribution is 0.0650. The fraction of sp³-hybridized carbons (Fsp3) is 0.316. The van der Waals surface area contributed by atoms with Crippen LogP contribution in [0.5, 0.6) is 0 Å². The van der Waals surface area contributed by atoms with Crippen molar-refractivity contribution in [2.45, 2.75) is 25.4 Å². The first kappa shape index (κ1) is 15.0. The minimum Gasteiger partial charge on any atom is -0.387 e. The van der Waals surface area contributed by atoms with E-state index in [2.05, 4.69) is 28.3 Å². The Morgan fingerprint density at radius 3 is 2.92 bits per heavy atom. The maximum atomic E-state index is 10.5. The zero-order chi connectivity index (χ0) is 17.0. The molecule has 1 atom stereocenters. The van der Waals surface area contributed by atoms with Crippen molar-refractivity contribution in [3.63, 3.8) is 0 Å². The Morgan fingerprint density at radius 1 is 1.24 bits per heavy atom. The van der Waals surface area contributed by atoms with E-state index in [0.29, 0.717) is 5.92 Å². The van der Waals surface area contributed by atoms with Crippen molar-refractivity contribution >= 4 is 32.6 Å². The monoisotopic (exact) mass is 350 g/mol. The molecule has 0 bridgehead atoms. The average molecular weight is 350 g/mol. The lowest BCUT2D eigenvalue weighted by Crippen LogP contribution is -2.19. The molecule has 6 heteroatoms. The fourth-order valence-corrected chi connectivity index (χ4v) is 4.52. The largest absolute Gasteiger partial charge is 0.387 e. The summed E-state index contributed by atoms with van der Waals surface area (Å²) in [5.41, 5.74) is 2.63. The van der Waals surface area contributed by atoms with Crippen molar-refractivity contribution in [1.29, 1.82) is 0 Å². The molecule has 25 heavy (non-hydrogen) atoms. The van der Waals surface area contributed by atoms with E-state index in [1.54, 1.807) is 16.0 Å². The maximum absolute atomic E-state index is 10.5. The van der Waals surface area contributed by atoms with Gasteiger partial charge in [0.05, 0.1) is 11.8 Å². The van der Waals surface area contributed by atoms with Crippen molar-refractivity contribution in [3.05, 3.63) is 41.5 Å². The molecule has 0 saturated heterocycles. The number of aliphatic hydroxyl groups is 1. The van der Waals surface area contributed by atoms with Crippen LogP contribution in [0.4, 0.5) is 0 Å². The molecule has 0 spiro atoms. The van der Waals surface area contributed by atoms with E-state index in [1.807, 2.05) is 25.5 Å². The van der Waals surface area contributed by atoms with Gasteiger partial charge in [0.1, 0.15) is 4.83 Å². The summed E-state index contributed by atoms with van der Waals surface area (Å²) >= 11 is 1.60. The molecule has 5 nitrogen and oxygen atoms in total. The number of hydrogen-bond donors (Lipinski definition) is 1. The molecule has 1 saturated carbocycles. The molecule has 0 radical (unpaired) electrons. The molecule has 5 rings (SSSR count). The Kier molecular flexibility index (Phi) is 3.36. The molecule has 126 valence electrons. The Morgan fingerprint density at radius 2 is 2.12 bits per heavy atom. The van der Waals surface area contributed by atoms with E-state index in [-0.39, 0.29) is 6.10 Å². The van der Waals surface area contributed by atoms with Crippen LogP contribution in [-0.4, -0.2) is 24.9 Å². The van der Waals surface area contributed by atoms with Crippen molar-refractivity contribution in [2.24, 2.45) is 13.0 Å². The smallest absolute Gasteiger partial charge is 0.181 e. The summed E-state index contributed by atoms with van der Waals surface area (Å²) in [6, 6.07) is 8.26. The van der Waals surface area contributed by atoms with Crippen LogP contribution < -0.4 is 0 Å². The number of pyridine rings is 2. The predicted octanol–water partition coefficient (Wildman–Crippen LogP) is 4.08. The molecule has 0 aromatic carbocycles. The SMILES string of the molecule is Cn1cc2cc(-c3ccc4cc([C@@H](O)C5CCC5)sc4n3)cnc2n1. The van der Waals surface area contributed by atoms with Gasteiger partial charge in [0.2, 0.25) is 0 Å². The second-order valence-corrected chi connectivity index (χ2v) is 7.88. The third kappa shape index (κ3) is 2.53. The van der Waals surface area contributed by atoms with Crippen molar-refractivity contribution < 1.29 is 5.11 Å². The minimum absolute atomic E-state index is 0.343. The minimum atomic E-state index is -0.343. The normalized spacial score (nSPS) is 16.4. The van der Waals surface area contributed by atoms with Crippen LogP contribution in [-0.2, 0) is 7.05 Å². The highest BCUT2D eigenvalue weighted by Crippen LogP contribution is 2.41. The van der Waals surface area contributed by atoms with E-state index in [0.717, 1.165) is 50.2 Å². The van der Waals surface area contributed by atoms with E-state index >= 15 is 0 Å². The third-order valence-electron chi connectivity index (χ3n) is 5.06.